The predicted molar refractivity (Wildman–Crippen MR) is 115 cm³/mol. The number of carbonyl (C=O) groups is 1. The van der Waals surface area contributed by atoms with Crippen molar-refractivity contribution in [1.29, 1.82) is 0 Å². The Kier molecular flexibility index (Phi) is 5.81. The zero-order chi connectivity index (χ0) is 20.1. The van der Waals surface area contributed by atoms with Gasteiger partial charge in [0.05, 0.1) is 11.8 Å². The maximum atomic E-state index is 11.5. The van der Waals surface area contributed by atoms with Crippen LogP contribution in [-0.2, 0) is 4.74 Å². The van der Waals surface area contributed by atoms with E-state index in [1.165, 1.54) is 0 Å². The van der Waals surface area contributed by atoms with Crippen molar-refractivity contribution >= 4 is 23.2 Å². The minimum atomic E-state index is 0.0412. The van der Waals surface area contributed by atoms with Gasteiger partial charge in [0, 0.05) is 36.0 Å². The molecule has 0 bridgehead atoms. The van der Waals surface area contributed by atoms with E-state index in [-0.39, 0.29) is 11.9 Å². The number of aromatic nitrogens is 2. The number of ether oxygens (including phenoxy) is 1. The first-order valence-electron chi connectivity index (χ1n) is 9.85. The second kappa shape index (κ2) is 8.84. The van der Waals surface area contributed by atoms with Crippen LogP contribution in [-0.4, -0.2) is 35.0 Å². The van der Waals surface area contributed by atoms with E-state index in [1.54, 1.807) is 19.1 Å². The summed E-state index contributed by atoms with van der Waals surface area (Å²) in [5, 5.41) is 6.63. The first-order chi connectivity index (χ1) is 14.2. The molecule has 1 saturated heterocycles. The number of carbonyl (C=O) groups excluding carboxylic acids is 1. The topological polar surface area (TPSA) is 76.1 Å². The van der Waals surface area contributed by atoms with Gasteiger partial charge in [0.2, 0.25) is 5.95 Å². The van der Waals surface area contributed by atoms with Gasteiger partial charge in [-0.25, -0.2) is 4.98 Å². The largest absolute Gasteiger partial charge is 0.376 e. The number of ketones is 1. The molecule has 1 fully saturated rings. The van der Waals surface area contributed by atoms with Crippen molar-refractivity contribution < 1.29 is 9.53 Å². The predicted octanol–water partition coefficient (Wildman–Crippen LogP) is 4.68. The zero-order valence-corrected chi connectivity index (χ0v) is 16.4. The molecule has 4 rings (SSSR count). The Labute approximate surface area is 170 Å². The van der Waals surface area contributed by atoms with Crippen LogP contribution in [0.15, 0.2) is 60.7 Å². The molecule has 3 aromatic rings. The number of Topliss-reactive ketones (excluding diaryl/α,β-unsaturated/α-hetero) is 1. The maximum Gasteiger partial charge on any atom is 0.229 e. The van der Waals surface area contributed by atoms with Crippen LogP contribution in [0.2, 0.25) is 0 Å². The summed E-state index contributed by atoms with van der Waals surface area (Å²) in [5.41, 5.74) is 3.35. The molecule has 0 aliphatic carbocycles. The average Bonchev–Trinajstić information content (AvgIpc) is 3.27. The second-order valence-corrected chi connectivity index (χ2v) is 7.10. The quantitative estimate of drug-likeness (QED) is 0.572. The Balaban J connectivity index is 1.58. The van der Waals surface area contributed by atoms with E-state index in [0.717, 1.165) is 48.8 Å². The Morgan fingerprint density at radius 3 is 2.59 bits per heavy atom. The summed E-state index contributed by atoms with van der Waals surface area (Å²) in [6.07, 6.45) is 2.40. The molecule has 1 aromatic heterocycles. The van der Waals surface area contributed by atoms with Gasteiger partial charge in [0.15, 0.2) is 5.78 Å². The summed E-state index contributed by atoms with van der Waals surface area (Å²) in [6.45, 7) is 3.10. The van der Waals surface area contributed by atoms with Crippen molar-refractivity contribution in [1.82, 2.24) is 9.97 Å². The van der Waals surface area contributed by atoms with Gasteiger partial charge in [-0.05, 0) is 44.0 Å². The van der Waals surface area contributed by atoms with Crippen LogP contribution in [0.5, 0.6) is 0 Å². The lowest BCUT2D eigenvalue weighted by molar-refractivity contribution is 0.101. The highest BCUT2D eigenvalue weighted by Gasteiger charge is 2.16. The lowest BCUT2D eigenvalue weighted by Crippen LogP contribution is -2.19. The van der Waals surface area contributed by atoms with Crippen LogP contribution in [0.25, 0.3) is 11.3 Å². The first-order valence-corrected chi connectivity index (χ1v) is 9.85. The minimum absolute atomic E-state index is 0.0412. The van der Waals surface area contributed by atoms with Crippen molar-refractivity contribution in [2.24, 2.45) is 0 Å². The molecule has 0 saturated carbocycles. The summed E-state index contributed by atoms with van der Waals surface area (Å²) >= 11 is 0. The monoisotopic (exact) mass is 388 g/mol. The minimum Gasteiger partial charge on any atom is -0.376 e. The average molecular weight is 388 g/mol. The third-order valence-corrected chi connectivity index (χ3v) is 4.88. The zero-order valence-electron chi connectivity index (χ0n) is 16.4. The molecule has 1 aliphatic heterocycles. The van der Waals surface area contributed by atoms with E-state index in [9.17, 15) is 4.79 Å². The van der Waals surface area contributed by atoms with Crippen LogP contribution in [0.4, 0.5) is 17.5 Å². The van der Waals surface area contributed by atoms with Crippen LogP contribution in [0, 0.1) is 0 Å². The lowest BCUT2D eigenvalue weighted by Gasteiger charge is -2.14. The van der Waals surface area contributed by atoms with Crippen molar-refractivity contribution in [3.8, 4) is 11.3 Å². The third kappa shape index (κ3) is 4.97. The summed E-state index contributed by atoms with van der Waals surface area (Å²) < 4.78 is 5.70. The molecule has 2 aromatic carbocycles. The van der Waals surface area contributed by atoms with Crippen molar-refractivity contribution in [3.63, 3.8) is 0 Å². The maximum absolute atomic E-state index is 11.5. The number of nitrogens with one attached hydrogen (secondary N) is 2. The molecule has 1 atom stereocenters. The molecule has 6 nitrogen and oxygen atoms in total. The Morgan fingerprint density at radius 2 is 1.90 bits per heavy atom. The summed E-state index contributed by atoms with van der Waals surface area (Å²) in [6, 6.07) is 19.3. The van der Waals surface area contributed by atoms with Crippen molar-refractivity contribution in [2.75, 3.05) is 23.8 Å². The molecule has 1 aliphatic rings. The van der Waals surface area contributed by atoms with Gasteiger partial charge in [0.1, 0.15) is 5.82 Å². The van der Waals surface area contributed by atoms with Gasteiger partial charge in [0.25, 0.3) is 0 Å². The van der Waals surface area contributed by atoms with E-state index in [4.69, 9.17) is 4.74 Å². The fraction of sp³-hybridized carbons (Fsp3) is 0.261. The van der Waals surface area contributed by atoms with Crippen molar-refractivity contribution in [3.05, 3.63) is 66.2 Å². The standard InChI is InChI=1S/C23H24N4O2/c1-16(28)17-9-11-19(12-10-17)25-23-26-21(18-6-3-2-4-7-18)14-22(27-23)24-15-20-8-5-13-29-20/h2-4,6-7,9-12,14,20H,5,8,13,15H2,1H3,(H2,24,25,26,27). The number of nitrogens with zero attached hydrogens (tertiary/aromatic N) is 2. The number of benzene rings is 2. The van der Waals surface area contributed by atoms with Gasteiger partial charge < -0.3 is 15.4 Å². The van der Waals surface area contributed by atoms with E-state index >= 15 is 0 Å². The third-order valence-electron chi connectivity index (χ3n) is 4.88. The molecule has 148 valence electrons. The number of hydrogen-bond donors (Lipinski definition) is 2. The summed E-state index contributed by atoms with van der Waals surface area (Å²) in [4.78, 5) is 20.8. The normalized spacial score (nSPS) is 15.8. The van der Waals surface area contributed by atoms with Crippen LogP contribution >= 0.6 is 0 Å². The molecular weight excluding hydrogens is 364 g/mol. The van der Waals surface area contributed by atoms with E-state index in [0.29, 0.717) is 11.5 Å². The highest BCUT2D eigenvalue weighted by Crippen LogP contribution is 2.24. The number of hydrogen-bond acceptors (Lipinski definition) is 6. The van der Waals surface area contributed by atoms with Crippen molar-refractivity contribution in [2.45, 2.75) is 25.9 Å². The fourth-order valence-electron chi connectivity index (χ4n) is 3.29. The molecule has 1 unspecified atom stereocenters. The van der Waals surface area contributed by atoms with Gasteiger partial charge in [-0.1, -0.05) is 30.3 Å². The number of rotatable bonds is 7. The Bertz CT molecular complexity index is 968. The highest BCUT2D eigenvalue weighted by atomic mass is 16.5. The van der Waals surface area contributed by atoms with Gasteiger partial charge >= 0.3 is 0 Å². The van der Waals surface area contributed by atoms with Crippen LogP contribution in [0.3, 0.4) is 0 Å². The Hall–Kier alpha value is -3.25. The molecule has 0 radical (unpaired) electrons. The van der Waals surface area contributed by atoms with E-state index < -0.39 is 0 Å². The summed E-state index contributed by atoms with van der Waals surface area (Å²) in [7, 11) is 0. The van der Waals surface area contributed by atoms with Gasteiger partial charge in [-0.3, -0.25) is 4.79 Å². The SMILES string of the molecule is CC(=O)c1ccc(Nc2nc(NCC3CCCO3)cc(-c3ccccc3)n2)cc1. The summed E-state index contributed by atoms with van der Waals surface area (Å²) in [5.74, 6) is 1.29. The molecular formula is C23H24N4O2. The molecule has 0 amide bonds. The highest BCUT2D eigenvalue weighted by molar-refractivity contribution is 5.94. The Morgan fingerprint density at radius 1 is 1.10 bits per heavy atom. The van der Waals surface area contributed by atoms with Crippen LogP contribution in [0.1, 0.15) is 30.1 Å². The molecule has 29 heavy (non-hydrogen) atoms. The smallest absolute Gasteiger partial charge is 0.229 e. The number of anilines is 3. The molecule has 0 spiro atoms. The first kappa shape index (κ1) is 19.1. The molecule has 2 N–H and O–H groups in total. The second-order valence-electron chi connectivity index (χ2n) is 7.10. The molecule has 6 heteroatoms. The van der Waals surface area contributed by atoms with Crippen LogP contribution < -0.4 is 10.6 Å². The fourth-order valence-corrected chi connectivity index (χ4v) is 3.29. The molecule has 2 heterocycles. The van der Waals surface area contributed by atoms with E-state index in [1.807, 2.05) is 48.5 Å². The van der Waals surface area contributed by atoms with E-state index in [2.05, 4.69) is 20.6 Å². The van der Waals surface area contributed by atoms with Gasteiger partial charge in [-0.2, -0.15) is 4.98 Å². The lowest BCUT2D eigenvalue weighted by atomic mass is 10.1. The van der Waals surface area contributed by atoms with Gasteiger partial charge in [-0.15, -0.1) is 0 Å².